The average molecular weight is 262 g/mol. The summed E-state index contributed by atoms with van der Waals surface area (Å²) < 4.78 is 5.25. The van der Waals surface area contributed by atoms with Crippen molar-refractivity contribution in [2.45, 2.75) is 32.8 Å². The second kappa shape index (κ2) is 8.64. The predicted molar refractivity (Wildman–Crippen MR) is 74.7 cm³/mol. The Balaban J connectivity index is 3.58. The zero-order valence-electron chi connectivity index (χ0n) is 11.7. The van der Waals surface area contributed by atoms with Gasteiger partial charge in [-0.1, -0.05) is 0 Å². The van der Waals surface area contributed by atoms with Gasteiger partial charge in [-0.3, -0.25) is 0 Å². The maximum absolute atomic E-state index is 11.6. The maximum atomic E-state index is 11.6. The van der Waals surface area contributed by atoms with E-state index in [0.29, 0.717) is 6.54 Å². The Bertz CT molecular complexity index is 217. The molecule has 17 heavy (non-hydrogen) atoms. The normalized spacial score (nSPS) is 11.4. The van der Waals surface area contributed by atoms with Crippen LogP contribution in [0, 0.1) is 0 Å². The van der Waals surface area contributed by atoms with Crippen LogP contribution in [0.1, 0.15) is 27.2 Å². The van der Waals surface area contributed by atoms with Crippen LogP contribution >= 0.6 is 11.8 Å². The van der Waals surface area contributed by atoms with Crippen LogP contribution in [0.3, 0.4) is 0 Å². The molecule has 0 saturated carbocycles. The van der Waals surface area contributed by atoms with Gasteiger partial charge in [0.25, 0.3) is 0 Å². The van der Waals surface area contributed by atoms with Gasteiger partial charge in [-0.2, -0.15) is 11.8 Å². The number of carbonyl (C=O) groups is 1. The summed E-state index contributed by atoms with van der Waals surface area (Å²) in [4.78, 5) is 13.2. The third kappa shape index (κ3) is 10.5. The van der Waals surface area contributed by atoms with Crippen molar-refractivity contribution in [3.63, 3.8) is 0 Å². The molecule has 0 aromatic carbocycles. The fourth-order valence-electron chi connectivity index (χ4n) is 1.14. The number of nitrogens with one attached hydrogen (secondary N) is 1. The minimum absolute atomic E-state index is 0.261. The molecule has 0 rings (SSSR count). The van der Waals surface area contributed by atoms with E-state index in [9.17, 15) is 4.79 Å². The molecule has 0 aromatic heterocycles. The predicted octanol–water partition coefficient (Wildman–Crippen LogP) is 2.20. The summed E-state index contributed by atoms with van der Waals surface area (Å²) in [6, 6.07) is 0. The first kappa shape index (κ1) is 16.6. The minimum atomic E-state index is -0.420. The lowest BCUT2D eigenvalue weighted by Gasteiger charge is -2.24. The molecule has 0 unspecified atom stereocenters. The first-order valence-corrected chi connectivity index (χ1v) is 7.40. The van der Waals surface area contributed by atoms with Crippen molar-refractivity contribution in [2.75, 3.05) is 38.7 Å². The highest BCUT2D eigenvalue weighted by atomic mass is 32.2. The molecule has 0 aliphatic carbocycles. The van der Waals surface area contributed by atoms with Crippen molar-refractivity contribution in [1.82, 2.24) is 10.2 Å². The Morgan fingerprint density at radius 3 is 2.53 bits per heavy atom. The van der Waals surface area contributed by atoms with E-state index < -0.39 is 5.60 Å². The van der Waals surface area contributed by atoms with Crippen LogP contribution in [-0.4, -0.2) is 55.3 Å². The van der Waals surface area contributed by atoms with E-state index >= 15 is 0 Å². The van der Waals surface area contributed by atoms with E-state index in [1.54, 1.807) is 11.9 Å². The van der Waals surface area contributed by atoms with Crippen LogP contribution in [0.15, 0.2) is 0 Å². The lowest BCUT2D eigenvalue weighted by molar-refractivity contribution is 0.0300. The Hall–Kier alpha value is -0.420. The Morgan fingerprint density at radius 1 is 1.35 bits per heavy atom. The first-order chi connectivity index (χ1) is 7.87. The number of thioether (sulfide) groups is 1. The summed E-state index contributed by atoms with van der Waals surface area (Å²) in [5, 5.41) is 3.31. The van der Waals surface area contributed by atoms with Crippen molar-refractivity contribution in [3.05, 3.63) is 0 Å². The fourth-order valence-corrected chi connectivity index (χ4v) is 1.58. The van der Waals surface area contributed by atoms with Crippen molar-refractivity contribution in [1.29, 1.82) is 0 Å². The van der Waals surface area contributed by atoms with E-state index in [4.69, 9.17) is 4.74 Å². The molecule has 0 spiro atoms. The molecule has 1 amide bonds. The second-order valence-electron chi connectivity index (χ2n) is 5.00. The summed E-state index contributed by atoms with van der Waals surface area (Å²) in [5.74, 6) is 1.18. The minimum Gasteiger partial charge on any atom is -0.444 e. The van der Waals surface area contributed by atoms with E-state index in [1.807, 2.05) is 32.5 Å². The van der Waals surface area contributed by atoms with Crippen LogP contribution in [0.25, 0.3) is 0 Å². The van der Waals surface area contributed by atoms with Crippen molar-refractivity contribution in [2.24, 2.45) is 0 Å². The highest BCUT2D eigenvalue weighted by Gasteiger charge is 2.18. The molecular formula is C12H26N2O2S. The van der Waals surface area contributed by atoms with Gasteiger partial charge in [0.05, 0.1) is 0 Å². The lowest BCUT2D eigenvalue weighted by Crippen LogP contribution is -2.38. The zero-order valence-corrected chi connectivity index (χ0v) is 12.5. The number of amides is 1. The van der Waals surface area contributed by atoms with E-state index in [1.165, 1.54) is 5.75 Å². The van der Waals surface area contributed by atoms with Crippen LogP contribution in [0.5, 0.6) is 0 Å². The lowest BCUT2D eigenvalue weighted by atomic mass is 10.2. The van der Waals surface area contributed by atoms with Crippen LogP contribution in [0.4, 0.5) is 4.79 Å². The Labute approximate surface area is 109 Å². The van der Waals surface area contributed by atoms with Gasteiger partial charge in [-0.15, -0.1) is 0 Å². The SMILES string of the molecule is CSCCCNCCN(C)C(=O)OC(C)(C)C. The van der Waals surface area contributed by atoms with Crippen LogP contribution in [0.2, 0.25) is 0 Å². The molecule has 0 aromatic rings. The molecule has 0 heterocycles. The number of hydrogen-bond donors (Lipinski definition) is 1. The number of hydrogen-bond acceptors (Lipinski definition) is 4. The zero-order chi connectivity index (χ0) is 13.3. The largest absolute Gasteiger partial charge is 0.444 e. The highest BCUT2D eigenvalue weighted by molar-refractivity contribution is 7.98. The molecule has 5 heteroatoms. The number of carbonyl (C=O) groups excluding carboxylic acids is 1. The van der Waals surface area contributed by atoms with Gasteiger partial charge in [0.1, 0.15) is 5.60 Å². The molecule has 1 N–H and O–H groups in total. The van der Waals surface area contributed by atoms with Crippen molar-refractivity contribution in [3.8, 4) is 0 Å². The number of likely N-dealkylation sites (N-methyl/N-ethyl adjacent to an activating group) is 1. The van der Waals surface area contributed by atoms with Gasteiger partial charge in [-0.25, -0.2) is 4.79 Å². The summed E-state index contributed by atoms with van der Waals surface area (Å²) in [6.07, 6.45) is 3.01. The summed E-state index contributed by atoms with van der Waals surface area (Å²) >= 11 is 1.85. The molecule has 0 radical (unpaired) electrons. The molecule has 0 atom stereocenters. The molecule has 0 fully saturated rings. The summed E-state index contributed by atoms with van der Waals surface area (Å²) in [5.41, 5.74) is -0.420. The van der Waals surface area contributed by atoms with E-state index in [2.05, 4.69) is 11.6 Å². The Kier molecular flexibility index (Phi) is 8.43. The molecule has 4 nitrogen and oxygen atoms in total. The quantitative estimate of drug-likeness (QED) is 0.714. The van der Waals surface area contributed by atoms with Crippen LogP contribution in [-0.2, 0) is 4.74 Å². The smallest absolute Gasteiger partial charge is 0.410 e. The number of rotatable bonds is 7. The van der Waals surface area contributed by atoms with Crippen molar-refractivity contribution < 1.29 is 9.53 Å². The fraction of sp³-hybridized carbons (Fsp3) is 0.917. The van der Waals surface area contributed by atoms with Gasteiger partial charge in [-0.05, 0) is 45.7 Å². The van der Waals surface area contributed by atoms with Gasteiger partial charge >= 0.3 is 6.09 Å². The second-order valence-corrected chi connectivity index (χ2v) is 5.98. The third-order valence-corrected chi connectivity index (χ3v) is 2.73. The molecule has 0 bridgehead atoms. The number of nitrogens with zero attached hydrogens (tertiary/aromatic N) is 1. The van der Waals surface area contributed by atoms with E-state index in [0.717, 1.165) is 19.5 Å². The Morgan fingerprint density at radius 2 is 2.00 bits per heavy atom. The molecule has 0 saturated heterocycles. The maximum Gasteiger partial charge on any atom is 0.410 e. The first-order valence-electron chi connectivity index (χ1n) is 6.00. The molecule has 102 valence electrons. The molecule has 0 aliphatic heterocycles. The average Bonchev–Trinajstić information content (AvgIpc) is 2.20. The summed E-state index contributed by atoms with van der Waals surface area (Å²) in [6.45, 7) is 8.11. The van der Waals surface area contributed by atoms with Gasteiger partial charge in [0.15, 0.2) is 0 Å². The highest BCUT2D eigenvalue weighted by Crippen LogP contribution is 2.08. The summed E-state index contributed by atoms with van der Waals surface area (Å²) in [7, 11) is 1.76. The van der Waals surface area contributed by atoms with Gasteiger partial charge in [0, 0.05) is 20.1 Å². The number of ether oxygens (including phenoxy) is 1. The standard InChI is InChI=1S/C12H26N2O2S/c1-12(2,3)16-11(15)14(4)9-8-13-7-6-10-17-5/h13H,6-10H2,1-5H3. The third-order valence-electron chi connectivity index (χ3n) is 2.03. The van der Waals surface area contributed by atoms with Crippen molar-refractivity contribution >= 4 is 17.9 Å². The van der Waals surface area contributed by atoms with Crippen LogP contribution < -0.4 is 5.32 Å². The van der Waals surface area contributed by atoms with E-state index in [-0.39, 0.29) is 6.09 Å². The topological polar surface area (TPSA) is 41.6 Å². The van der Waals surface area contributed by atoms with Gasteiger partial charge in [0.2, 0.25) is 0 Å². The van der Waals surface area contributed by atoms with Gasteiger partial charge < -0.3 is 15.0 Å². The monoisotopic (exact) mass is 262 g/mol. The molecule has 0 aliphatic rings. The molecular weight excluding hydrogens is 236 g/mol.